The van der Waals surface area contributed by atoms with Gasteiger partial charge in [0.15, 0.2) is 5.11 Å². The fourth-order valence-corrected chi connectivity index (χ4v) is 3.58. The van der Waals surface area contributed by atoms with Gasteiger partial charge in [0.2, 0.25) is 0 Å². The van der Waals surface area contributed by atoms with Crippen LogP contribution in [-0.4, -0.2) is 22.9 Å². The highest BCUT2D eigenvalue weighted by Gasteiger charge is 2.31. The molecule has 0 saturated carbocycles. The zero-order valence-electron chi connectivity index (χ0n) is 15.6. The summed E-state index contributed by atoms with van der Waals surface area (Å²) in [4.78, 5) is 0. The van der Waals surface area contributed by atoms with Gasteiger partial charge in [0.05, 0.1) is 18.9 Å². The molecule has 0 unspecified atom stereocenters. The molecule has 1 heterocycles. The molecule has 5 heteroatoms. The summed E-state index contributed by atoms with van der Waals surface area (Å²) >= 11 is 5.70. The second-order valence-corrected chi connectivity index (χ2v) is 6.93. The van der Waals surface area contributed by atoms with Crippen LogP contribution in [0.1, 0.15) is 23.6 Å². The van der Waals surface area contributed by atoms with E-state index in [2.05, 4.69) is 17.4 Å². The number of nitrogens with zero attached hydrogens (tertiary/aromatic N) is 2. The van der Waals surface area contributed by atoms with Crippen molar-refractivity contribution in [2.75, 3.05) is 12.4 Å². The van der Waals surface area contributed by atoms with E-state index in [1.807, 2.05) is 77.8 Å². The van der Waals surface area contributed by atoms with Gasteiger partial charge in [-0.2, -0.15) is 5.10 Å². The Bertz CT molecular complexity index is 972. The zero-order valence-corrected chi connectivity index (χ0v) is 16.4. The van der Waals surface area contributed by atoms with E-state index in [1.165, 1.54) is 5.56 Å². The lowest BCUT2D eigenvalue weighted by molar-refractivity contribution is 0.375. The average molecular weight is 388 g/mol. The molecule has 4 rings (SSSR count). The van der Waals surface area contributed by atoms with Crippen LogP contribution in [0.2, 0.25) is 0 Å². The van der Waals surface area contributed by atoms with Crippen LogP contribution in [0.4, 0.5) is 5.69 Å². The van der Waals surface area contributed by atoms with E-state index in [9.17, 15) is 0 Å². The SMILES string of the molecule is COc1ccc(C2=NN(C(=S)Nc3ccccc3)[C@H](c3ccccc3)C2)cc1. The van der Waals surface area contributed by atoms with E-state index >= 15 is 0 Å². The minimum Gasteiger partial charge on any atom is -0.497 e. The molecule has 1 aliphatic rings. The van der Waals surface area contributed by atoms with Crippen LogP contribution in [0.5, 0.6) is 5.75 Å². The fraction of sp³-hybridized carbons (Fsp3) is 0.130. The van der Waals surface area contributed by atoms with E-state index in [1.54, 1.807) is 7.11 Å². The van der Waals surface area contributed by atoms with Gasteiger partial charge < -0.3 is 10.1 Å². The number of nitrogens with one attached hydrogen (secondary N) is 1. The molecule has 0 bridgehead atoms. The molecule has 28 heavy (non-hydrogen) atoms. The largest absolute Gasteiger partial charge is 0.497 e. The minimum atomic E-state index is 0.0574. The summed E-state index contributed by atoms with van der Waals surface area (Å²) in [7, 11) is 1.67. The zero-order chi connectivity index (χ0) is 19.3. The minimum absolute atomic E-state index is 0.0574. The standard InChI is InChI=1S/C23H21N3OS/c1-27-20-14-12-17(13-15-20)21-16-22(18-8-4-2-5-9-18)26(25-21)23(28)24-19-10-6-3-7-11-19/h2-15,22H,16H2,1H3,(H,24,28)/t22-/m0/s1. The molecule has 0 aromatic heterocycles. The van der Waals surface area contributed by atoms with Crippen molar-refractivity contribution in [1.82, 2.24) is 5.01 Å². The van der Waals surface area contributed by atoms with Crippen LogP contribution in [0.25, 0.3) is 0 Å². The number of para-hydroxylation sites is 1. The lowest BCUT2D eigenvalue weighted by Crippen LogP contribution is -2.31. The van der Waals surface area contributed by atoms with E-state index in [-0.39, 0.29) is 6.04 Å². The lowest BCUT2D eigenvalue weighted by Gasteiger charge is -2.24. The van der Waals surface area contributed by atoms with Crippen molar-refractivity contribution in [3.05, 3.63) is 96.1 Å². The molecule has 0 spiro atoms. The Labute approximate surface area is 170 Å². The van der Waals surface area contributed by atoms with Gasteiger partial charge in [-0.25, -0.2) is 5.01 Å². The molecule has 1 N–H and O–H groups in total. The number of thiocarbonyl (C=S) groups is 1. The molecule has 0 aliphatic carbocycles. The number of ether oxygens (including phenoxy) is 1. The third-order valence-electron chi connectivity index (χ3n) is 4.75. The Morgan fingerprint density at radius 2 is 1.61 bits per heavy atom. The van der Waals surface area contributed by atoms with Crippen molar-refractivity contribution in [3.8, 4) is 5.75 Å². The monoisotopic (exact) mass is 387 g/mol. The Morgan fingerprint density at radius 3 is 2.25 bits per heavy atom. The predicted octanol–water partition coefficient (Wildman–Crippen LogP) is 5.24. The maximum atomic E-state index is 5.70. The summed E-state index contributed by atoms with van der Waals surface area (Å²) in [6.07, 6.45) is 0.785. The first-order valence-electron chi connectivity index (χ1n) is 9.17. The Hall–Kier alpha value is -3.18. The Kier molecular flexibility index (Phi) is 5.35. The first kappa shape index (κ1) is 18.2. The molecule has 3 aromatic rings. The highest BCUT2D eigenvalue weighted by molar-refractivity contribution is 7.80. The van der Waals surface area contributed by atoms with Crippen LogP contribution in [0.3, 0.4) is 0 Å². The molecule has 3 aromatic carbocycles. The molecular formula is C23H21N3OS. The molecule has 1 aliphatic heterocycles. The van der Waals surface area contributed by atoms with Gasteiger partial charge in [-0.3, -0.25) is 0 Å². The topological polar surface area (TPSA) is 36.9 Å². The molecule has 4 nitrogen and oxygen atoms in total. The number of hydrazone groups is 1. The molecule has 0 radical (unpaired) electrons. The molecule has 1 atom stereocenters. The molecule has 140 valence electrons. The number of methoxy groups -OCH3 is 1. The van der Waals surface area contributed by atoms with E-state index < -0.39 is 0 Å². The van der Waals surface area contributed by atoms with Crippen LogP contribution in [0, 0.1) is 0 Å². The lowest BCUT2D eigenvalue weighted by atomic mass is 9.98. The van der Waals surface area contributed by atoms with Gasteiger partial charge in [0, 0.05) is 12.1 Å². The third kappa shape index (κ3) is 3.89. The van der Waals surface area contributed by atoms with Gasteiger partial charge in [0.25, 0.3) is 0 Å². The molecule has 0 amide bonds. The van der Waals surface area contributed by atoms with Crippen LogP contribution >= 0.6 is 12.2 Å². The number of benzene rings is 3. The van der Waals surface area contributed by atoms with Crippen molar-refractivity contribution in [1.29, 1.82) is 0 Å². The second kappa shape index (κ2) is 8.23. The van der Waals surface area contributed by atoms with Crippen molar-refractivity contribution < 1.29 is 4.74 Å². The van der Waals surface area contributed by atoms with Crippen LogP contribution < -0.4 is 10.1 Å². The summed E-state index contributed by atoms with van der Waals surface area (Å²) in [5.41, 5.74) is 4.22. The maximum Gasteiger partial charge on any atom is 0.194 e. The van der Waals surface area contributed by atoms with Crippen LogP contribution in [-0.2, 0) is 0 Å². The molecule has 0 saturated heterocycles. The molecule has 0 fully saturated rings. The normalized spacial score (nSPS) is 15.8. The van der Waals surface area contributed by atoms with E-state index in [0.717, 1.165) is 29.1 Å². The van der Waals surface area contributed by atoms with E-state index in [4.69, 9.17) is 22.1 Å². The third-order valence-corrected chi connectivity index (χ3v) is 5.04. The highest BCUT2D eigenvalue weighted by atomic mass is 32.1. The van der Waals surface area contributed by atoms with Gasteiger partial charge in [0.1, 0.15) is 5.75 Å². The predicted molar refractivity (Wildman–Crippen MR) is 118 cm³/mol. The summed E-state index contributed by atoms with van der Waals surface area (Å²) in [6.45, 7) is 0. The summed E-state index contributed by atoms with van der Waals surface area (Å²) in [5.74, 6) is 0.833. The second-order valence-electron chi connectivity index (χ2n) is 6.55. The van der Waals surface area contributed by atoms with Gasteiger partial charge >= 0.3 is 0 Å². The Morgan fingerprint density at radius 1 is 0.964 bits per heavy atom. The summed E-state index contributed by atoms with van der Waals surface area (Å²) in [6, 6.07) is 28.3. The Balaban J connectivity index is 1.63. The average Bonchev–Trinajstić information content (AvgIpc) is 3.21. The van der Waals surface area contributed by atoms with Crippen molar-refractivity contribution in [2.45, 2.75) is 12.5 Å². The van der Waals surface area contributed by atoms with E-state index in [0.29, 0.717) is 5.11 Å². The smallest absolute Gasteiger partial charge is 0.194 e. The van der Waals surface area contributed by atoms with Gasteiger partial charge in [-0.15, -0.1) is 0 Å². The fourth-order valence-electron chi connectivity index (χ4n) is 3.29. The number of rotatable bonds is 4. The number of hydrogen-bond donors (Lipinski definition) is 1. The number of hydrogen-bond acceptors (Lipinski definition) is 3. The maximum absolute atomic E-state index is 5.70. The van der Waals surface area contributed by atoms with Crippen LogP contribution in [0.15, 0.2) is 90.0 Å². The highest BCUT2D eigenvalue weighted by Crippen LogP contribution is 2.33. The van der Waals surface area contributed by atoms with Crippen molar-refractivity contribution in [2.24, 2.45) is 5.10 Å². The first-order valence-corrected chi connectivity index (χ1v) is 9.57. The van der Waals surface area contributed by atoms with Gasteiger partial charge in [-0.1, -0.05) is 48.5 Å². The van der Waals surface area contributed by atoms with Crippen molar-refractivity contribution >= 4 is 28.7 Å². The molecular weight excluding hydrogens is 366 g/mol. The quantitative estimate of drug-likeness (QED) is 0.621. The first-order chi connectivity index (χ1) is 13.7. The summed E-state index contributed by atoms with van der Waals surface area (Å²) < 4.78 is 5.27. The summed E-state index contributed by atoms with van der Waals surface area (Å²) in [5, 5.41) is 10.7. The van der Waals surface area contributed by atoms with Gasteiger partial charge in [-0.05, 0) is 59.7 Å². The number of anilines is 1. The van der Waals surface area contributed by atoms with Crippen molar-refractivity contribution in [3.63, 3.8) is 0 Å².